The van der Waals surface area contributed by atoms with E-state index in [1.807, 2.05) is 79.1 Å². The van der Waals surface area contributed by atoms with Crippen molar-refractivity contribution in [3.05, 3.63) is 119 Å². The number of thioether (sulfide) groups is 1. The Labute approximate surface area is 242 Å². The predicted octanol–water partition coefficient (Wildman–Crippen LogP) is 5.43. The summed E-state index contributed by atoms with van der Waals surface area (Å²) in [6.07, 6.45) is 3.81. The molecule has 1 aliphatic heterocycles. The number of thiazole rings is 1. The standard InChI is InChI=1S/C30H25BrN2O4S2/c1-4-37-29(35)25-26(18-8-6-5-7-9-18)32-30-33(27(25)19-10-13-22(38-3)14-11-19)28(34)24(39-30)17-20-16-21(31)12-15-23(20)36-2/h5-17,27H,4H2,1-3H3/b24-17-. The van der Waals surface area contributed by atoms with Crippen molar-refractivity contribution < 1.29 is 14.3 Å². The van der Waals surface area contributed by atoms with Gasteiger partial charge in [-0.1, -0.05) is 69.7 Å². The Balaban J connectivity index is 1.83. The molecular weight excluding hydrogens is 596 g/mol. The second-order valence-electron chi connectivity index (χ2n) is 8.59. The first-order chi connectivity index (χ1) is 18.9. The summed E-state index contributed by atoms with van der Waals surface area (Å²) in [4.78, 5) is 34.0. The Morgan fingerprint density at radius 3 is 2.54 bits per heavy atom. The first-order valence-corrected chi connectivity index (χ1v) is 15.0. The number of methoxy groups -OCH3 is 1. The molecule has 6 nitrogen and oxygen atoms in total. The minimum atomic E-state index is -0.710. The molecule has 5 rings (SSSR count). The van der Waals surface area contributed by atoms with Crippen LogP contribution >= 0.6 is 39.0 Å². The summed E-state index contributed by atoms with van der Waals surface area (Å²) >= 11 is 6.41. The summed E-state index contributed by atoms with van der Waals surface area (Å²) in [5.74, 6) is 0.146. The molecule has 0 bridgehead atoms. The molecule has 9 heteroatoms. The molecule has 1 atom stereocenters. The minimum Gasteiger partial charge on any atom is -0.496 e. The van der Waals surface area contributed by atoms with Gasteiger partial charge in [-0.3, -0.25) is 9.36 Å². The maximum absolute atomic E-state index is 14.0. The first kappa shape index (κ1) is 27.2. The summed E-state index contributed by atoms with van der Waals surface area (Å²) in [6.45, 7) is 1.97. The fourth-order valence-corrected chi connectivity index (χ4v) is 6.28. The zero-order valence-electron chi connectivity index (χ0n) is 21.5. The lowest BCUT2D eigenvalue weighted by Crippen LogP contribution is -2.40. The normalized spacial score (nSPS) is 15.1. The number of rotatable bonds is 7. The largest absolute Gasteiger partial charge is 0.496 e. The SMILES string of the molecule is CCOC(=O)C1=C(c2ccccc2)N=c2s/c(=C\c3cc(Br)ccc3OC)c(=O)n2C1c1ccc(SC)cc1. The molecule has 198 valence electrons. The lowest BCUT2D eigenvalue weighted by atomic mass is 9.93. The van der Waals surface area contributed by atoms with Crippen molar-refractivity contribution in [1.82, 2.24) is 4.57 Å². The molecule has 39 heavy (non-hydrogen) atoms. The van der Waals surface area contributed by atoms with E-state index in [9.17, 15) is 9.59 Å². The van der Waals surface area contributed by atoms with Crippen LogP contribution in [0.15, 0.2) is 97.5 Å². The van der Waals surface area contributed by atoms with Crippen molar-refractivity contribution in [2.75, 3.05) is 20.0 Å². The second kappa shape index (κ2) is 11.8. The molecular formula is C30H25BrN2O4S2. The highest BCUT2D eigenvalue weighted by atomic mass is 79.9. The van der Waals surface area contributed by atoms with Crippen molar-refractivity contribution in [2.24, 2.45) is 4.99 Å². The summed E-state index contributed by atoms with van der Waals surface area (Å²) in [5.41, 5.74) is 2.92. The number of nitrogens with zero attached hydrogens (tertiary/aromatic N) is 2. The van der Waals surface area contributed by atoms with Crippen molar-refractivity contribution in [3.8, 4) is 5.75 Å². The molecule has 0 fully saturated rings. The van der Waals surface area contributed by atoms with Crippen LogP contribution in [0.25, 0.3) is 11.8 Å². The van der Waals surface area contributed by atoms with Crippen molar-refractivity contribution in [3.63, 3.8) is 0 Å². The monoisotopic (exact) mass is 620 g/mol. The van der Waals surface area contributed by atoms with E-state index in [-0.39, 0.29) is 12.2 Å². The number of carbonyl (C=O) groups is 1. The van der Waals surface area contributed by atoms with Gasteiger partial charge in [0.1, 0.15) is 5.75 Å². The Morgan fingerprint density at radius 2 is 1.87 bits per heavy atom. The lowest BCUT2D eigenvalue weighted by Gasteiger charge is -2.26. The molecule has 1 unspecified atom stereocenters. The van der Waals surface area contributed by atoms with Gasteiger partial charge in [-0.2, -0.15) is 0 Å². The van der Waals surface area contributed by atoms with E-state index in [1.165, 1.54) is 11.3 Å². The van der Waals surface area contributed by atoms with E-state index in [0.29, 0.717) is 26.4 Å². The smallest absolute Gasteiger partial charge is 0.338 e. The zero-order valence-corrected chi connectivity index (χ0v) is 24.7. The van der Waals surface area contributed by atoms with Gasteiger partial charge in [0, 0.05) is 20.5 Å². The van der Waals surface area contributed by atoms with Gasteiger partial charge in [-0.05, 0) is 55.2 Å². The van der Waals surface area contributed by atoms with Gasteiger partial charge < -0.3 is 9.47 Å². The van der Waals surface area contributed by atoms with Crippen LogP contribution in [0.4, 0.5) is 0 Å². The van der Waals surface area contributed by atoms with Crippen LogP contribution in [0.3, 0.4) is 0 Å². The highest BCUT2D eigenvalue weighted by Gasteiger charge is 2.35. The van der Waals surface area contributed by atoms with Crippen LogP contribution in [0.5, 0.6) is 5.75 Å². The van der Waals surface area contributed by atoms with Crippen LogP contribution in [-0.4, -0.2) is 30.5 Å². The van der Waals surface area contributed by atoms with Crippen LogP contribution < -0.4 is 19.6 Å². The highest BCUT2D eigenvalue weighted by Crippen LogP contribution is 2.35. The topological polar surface area (TPSA) is 69.9 Å². The summed E-state index contributed by atoms with van der Waals surface area (Å²) < 4.78 is 14.0. The van der Waals surface area contributed by atoms with Crippen LogP contribution in [-0.2, 0) is 9.53 Å². The second-order valence-corrected chi connectivity index (χ2v) is 11.4. The van der Waals surface area contributed by atoms with Gasteiger partial charge in [0.15, 0.2) is 4.80 Å². The molecule has 3 aromatic carbocycles. The maximum atomic E-state index is 14.0. The lowest BCUT2D eigenvalue weighted by molar-refractivity contribution is -0.138. The third-order valence-electron chi connectivity index (χ3n) is 6.28. The summed E-state index contributed by atoms with van der Waals surface area (Å²) in [7, 11) is 1.60. The predicted molar refractivity (Wildman–Crippen MR) is 160 cm³/mol. The molecule has 0 saturated heterocycles. The van der Waals surface area contributed by atoms with E-state index in [1.54, 1.807) is 36.4 Å². The molecule has 2 heterocycles. The molecule has 0 spiro atoms. The zero-order chi connectivity index (χ0) is 27.5. The fourth-order valence-electron chi connectivity index (χ4n) is 4.50. The summed E-state index contributed by atoms with van der Waals surface area (Å²) in [6, 6.07) is 22.3. The van der Waals surface area contributed by atoms with Gasteiger partial charge >= 0.3 is 5.97 Å². The molecule has 0 saturated carbocycles. The number of aromatic nitrogens is 1. The molecule has 1 aliphatic rings. The number of fused-ring (bicyclic) bond motifs is 1. The molecule has 0 radical (unpaired) electrons. The van der Waals surface area contributed by atoms with E-state index in [4.69, 9.17) is 14.5 Å². The molecule has 0 N–H and O–H groups in total. The third kappa shape index (κ3) is 5.39. The minimum absolute atomic E-state index is 0.204. The number of benzene rings is 3. The van der Waals surface area contributed by atoms with Crippen molar-refractivity contribution in [2.45, 2.75) is 17.9 Å². The first-order valence-electron chi connectivity index (χ1n) is 12.2. The molecule has 4 aromatic rings. The van der Waals surface area contributed by atoms with E-state index in [2.05, 4.69) is 15.9 Å². The summed E-state index contributed by atoms with van der Waals surface area (Å²) in [5, 5.41) is 0. The number of esters is 1. The van der Waals surface area contributed by atoms with Gasteiger partial charge in [-0.25, -0.2) is 9.79 Å². The van der Waals surface area contributed by atoms with Gasteiger partial charge in [-0.15, -0.1) is 11.8 Å². The van der Waals surface area contributed by atoms with E-state index in [0.717, 1.165) is 26.1 Å². The average molecular weight is 622 g/mol. The maximum Gasteiger partial charge on any atom is 0.338 e. The van der Waals surface area contributed by atoms with Crippen molar-refractivity contribution in [1.29, 1.82) is 0 Å². The van der Waals surface area contributed by atoms with Gasteiger partial charge in [0.2, 0.25) is 0 Å². The number of ether oxygens (including phenoxy) is 2. The highest BCUT2D eigenvalue weighted by molar-refractivity contribution is 9.10. The third-order valence-corrected chi connectivity index (χ3v) is 8.50. The van der Waals surface area contributed by atoms with Crippen LogP contribution in [0.1, 0.15) is 29.7 Å². The molecule has 0 amide bonds. The van der Waals surface area contributed by atoms with Crippen LogP contribution in [0.2, 0.25) is 0 Å². The fraction of sp³-hybridized carbons (Fsp3) is 0.167. The quantitative estimate of drug-likeness (QED) is 0.204. The Morgan fingerprint density at radius 1 is 1.13 bits per heavy atom. The Hall–Kier alpha value is -3.40. The van der Waals surface area contributed by atoms with Crippen LogP contribution in [0, 0.1) is 0 Å². The Kier molecular flexibility index (Phi) is 8.20. The van der Waals surface area contributed by atoms with Gasteiger partial charge in [0.25, 0.3) is 5.56 Å². The van der Waals surface area contributed by atoms with E-state index >= 15 is 0 Å². The molecule has 1 aromatic heterocycles. The molecule has 0 aliphatic carbocycles. The number of hydrogen-bond acceptors (Lipinski definition) is 7. The van der Waals surface area contributed by atoms with Crippen molar-refractivity contribution >= 4 is 56.8 Å². The number of halogens is 1. The number of carbonyl (C=O) groups excluding carboxylic acids is 1. The average Bonchev–Trinajstić information content (AvgIpc) is 3.27. The van der Waals surface area contributed by atoms with E-state index < -0.39 is 12.0 Å². The number of hydrogen-bond donors (Lipinski definition) is 0. The Bertz CT molecular complexity index is 1740. The van der Waals surface area contributed by atoms with Gasteiger partial charge in [0.05, 0.1) is 35.6 Å².